The Morgan fingerprint density at radius 2 is 2.03 bits per heavy atom. The Labute approximate surface area is 222 Å². The molecule has 2 N–H and O–H groups in total. The molecule has 2 saturated heterocycles. The molecule has 0 bridgehead atoms. The van der Waals surface area contributed by atoms with Crippen molar-refractivity contribution in [2.75, 3.05) is 36.0 Å². The Morgan fingerprint density at radius 3 is 2.73 bits per heavy atom. The normalized spacial score (nSPS) is 27.9. The molecule has 0 saturated carbocycles. The van der Waals surface area contributed by atoms with Gasteiger partial charge in [0.15, 0.2) is 5.60 Å². The van der Waals surface area contributed by atoms with E-state index in [9.17, 15) is 14.7 Å². The summed E-state index contributed by atoms with van der Waals surface area (Å²) in [4.78, 5) is 30.2. The predicted molar refractivity (Wildman–Crippen MR) is 144 cm³/mol. The van der Waals surface area contributed by atoms with Crippen molar-refractivity contribution in [3.8, 4) is 0 Å². The van der Waals surface area contributed by atoms with Crippen LogP contribution in [-0.2, 0) is 26.5 Å². The molecule has 7 nitrogen and oxygen atoms in total. The molecule has 2 aromatic carbocycles. The van der Waals surface area contributed by atoms with E-state index in [0.717, 1.165) is 17.8 Å². The topological polar surface area (TPSA) is 82.1 Å². The number of hydrogen-bond donors (Lipinski definition) is 2. The van der Waals surface area contributed by atoms with Gasteiger partial charge in [0.25, 0.3) is 5.91 Å². The molecule has 0 unspecified atom stereocenters. The Bertz CT molecular complexity index is 1220. The molecule has 1 spiro atoms. The van der Waals surface area contributed by atoms with Crippen molar-refractivity contribution in [1.29, 1.82) is 0 Å². The maximum absolute atomic E-state index is 15.6. The highest BCUT2D eigenvalue weighted by Gasteiger charge is 2.66. The first-order valence-electron chi connectivity index (χ1n) is 12.8. The number of nitrogens with one attached hydrogen (secondary N) is 1. The maximum Gasteiger partial charge on any atom is 0.264 e. The molecule has 37 heavy (non-hydrogen) atoms. The molecule has 2 aromatic rings. The number of carbonyl (C=O) groups excluding carboxylic acids is 2. The van der Waals surface area contributed by atoms with Gasteiger partial charge in [-0.25, -0.2) is 0 Å². The first kappa shape index (κ1) is 26.3. The molecule has 0 aliphatic carbocycles. The smallest absolute Gasteiger partial charge is 0.264 e. The number of aliphatic hydroxyl groups is 1. The molecule has 2 amide bonds. The van der Waals surface area contributed by atoms with Gasteiger partial charge in [-0.3, -0.25) is 9.59 Å². The lowest BCUT2D eigenvalue weighted by Gasteiger charge is -2.31. The van der Waals surface area contributed by atoms with Crippen molar-refractivity contribution in [1.82, 2.24) is 5.32 Å². The Kier molecular flexibility index (Phi) is 6.95. The third kappa shape index (κ3) is 4.40. The number of halogens is 2. The first-order chi connectivity index (χ1) is 17.6. The van der Waals surface area contributed by atoms with Crippen LogP contribution in [0.4, 0.5) is 15.5 Å². The second-order valence-electron chi connectivity index (χ2n) is 10.7. The van der Waals surface area contributed by atoms with Gasteiger partial charge < -0.3 is 29.1 Å². The zero-order chi connectivity index (χ0) is 26.5. The summed E-state index contributed by atoms with van der Waals surface area (Å²) in [5.74, 6) is -0.674. The third-order valence-electron chi connectivity index (χ3n) is 7.99. The molecule has 10 heteroatoms. The zero-order valence-electron chi connectivity index (χ0n) is 21.3. The van der Waals surface area contributed by atoms with Crippen molar-refractivity contribution < 1.29 is 23.5 Å². The van der Waals surface area contributed by atoms with E-state index in [4.69, 9.17) is 16.3 Å². The van der Waals surface area contributed by atoms with Gasteiger partial charge in [-0.1, -0.05) is 30.7 Å². The molecule has 3 aliphatic heterocycles. The van der Waals surface area contributed by atoms with Crippen LogP contribution < -0.4 is 15.1 Å². The number of rotatable bonds is 6. The number of fused-ring (bicyclic) bond motifs is 2. The SMILES string of the molecule is C[C@@H]1[C@@H]([Si](C)(C)F)[C@H](CCO)O[C@@]12C(=O)N(Cc1cccc(N3CCNCC3=O)c1)c1ccc(Cl)cc12. The second kappa shape index (κ2) is 9.78. The molecule has 0 radical (unpaired) electrons. The fourth-order valence-corrected chi connectivity index (χ4v) is 9.17. The lowest BCUT2D eigenvalue weighted by atomic mass is 9.82. The van der Waals surface area contributed by atoms with E-state index in [1.807, 2.05) is 37.3 Å². The van der Waals surface area contributed by atoms with Gasteiger partial charge in [-0.05, 0) is 55.4 Å². The van der Waals surface area contributed by atoms with Crippen molar-refractivity contribution >= 4 is 43.2 Å². The standard InChI is InChI=1S/C27H33ClFN3O4Si/c1-17-25(37(2,3)29)23(9-12-33)36-27(17)21-14-19(28)7-8-22(21)32(26(27)35)16-18-5-4-6-20(13-18)31-11-10-30-15-24(31)34/h4-8,13-14,17,23,25,30,33H,9-12,15-16H2,1-3H3/t17-,23+,25-,27+/m1/s1. The van der Waals surface area contributed by atoms with Crippen molar-refractivity contribution in [3.63, 3.8) is 0 Å². The van der Waals surface area contributed by atoms with Crippen molar-refractivity contribution in [2.24, 2.45) is 5.92 Å². The summed E-state index contributed by atoms with van der Waals surface area (Å²) in [6.45, 7) is 6.88. The van der Waals surface area contributed by atoms with Gasteiger partial charge in [-0.15, -0.1) is 0 Å². The van der Waals surface area contributed by atoms with Gasteiger partial charge in [0.05, 0.1) is 24.9 Å². The first-order valence-corrected chi connectivity index (χ1v) is 16.1. The van der Waals surface area contributed by atoms with Crippen LogP contribution >= 0.6 is 11.6 Å². The van der Waals surface area contributed by atoms with Crippen LogP contribution in [0.3, 0.4) is 0 Å². The highest BCUT2D eigenvalue weighted by atomic mass is 35.5. The monoisotopic (exact) mass is 545 g/mol. The fourth-order valence-electron chi connectivity index (χ4n) is 6.46. The predicted octanol–water partition coefficient (Wildman–Crippen LogP) is 3.98. The lowest BCUT2D eigenvalue weighted by molar-refractivity contribution is -0.146. The minimum absolute atomic E-state index is 0.00624. The molecule has 198 valence electrons. The Hall–Kier alpha value is -2.30. The van der Waals surface area contributed by atoms with Crippen LogP contribution in [0.15, 0.2) is 42.5 Å². The van der Waals surface area contributed by atoms with Crippen molar-refractivity contribution in [2.45, 2.75) is 50.2 Å². The number of piperazine rings is 1. The largest absolute Gasteiger partial charge is 0.396 e. The van der Waals surface area contributed by atoms with E-state index in [0.29, 0.717) is 29.4 Å². The summed E-state index contributed by atoms with van der Waals surface area (Å²) in [5.41, 5.74) is 1.16. The van der Waals surface area contributed by atoms with Crippen LogP contribution in [0.25, 0.3) is 0 Å². The number of carbonyl (C=O) groups is 2. The number of anilines is 2. The molecule has 2 fully saturated rings. The minimum Gasteiger partial charge on any atom is -0.396 e. The number of nitrogens with zero attached hydrogens (tertiary/aromatic N) is 2. The van der Waals surface area contributed by atoms with Crippen molar-refractivity contribution in [3.05, 3.63) is 58.6 Å². The van der Waals surface area contributed by atoms with Crippen LogP contribution in [-0.4, -0.2) is 57.7 Å². The van der Waals surface area contributed by atoms with E-state index < -0.39 is 31.6 Å². The van der Waals surface area contributed by atoms with Crippen LogP contribution in [0.5, 0.6) is 0 Å². The van der Waals surface area contributed by atoms with E-state index in [1.54, 1.807) is 35.0 Å². The van der Waals surface area contributed by atoms with Crippen LogP contribution in [0.1, 0.15) is 24.5 Å². The summed E-state index contributed by atoms with van der Waals surface area (Å²) >= 11 is 6.40. The highest BCUT2D eigenvalue weighted by molar-refractivity contribution is 6.72. The summed E-state index contributed by atoms with van der Waals surface area (Å²) in [5, 5.41) is 13.2. The average molecular weight is 546 g/mol. The molecule has 3 aliphatic rings. The van der Waals surface area contributed by atoms with E-state index in [2.05, 4.69) is 5.32 Å². The highest BCUT2D eigenvalue weighted by Crippen LogP contribution is 2.60. The van der Waals surface area contributed by atoms with Gasteiger partial charge in [0.1, 0.15) is 0 Å². The average Bonchev–Trinajstić information content (AvgIpc) is 3.26. The molecule has 3 heterocycles. The second-order valence-corrected chi connectivity index (χ2v) is 15.0. The molecule has 5 rings (SSSR count). The zero-order valence-corrected chi connectivity index (χ0v) is 23.1. The van der Waals surface area contributed by atoms with Gasteiger partial charge in [-0.2, -0.15) is 0 Å². The quantitative estimate of drug-likeness (QED) is 0.424. The Balaban J connectivity index is 1.53. The summed E-state index contributed by atoms with van der Waals surface area (Å²) in [7, 11) is -3.26. The summed E-state index contributed by atoms with van der Waals surface area (Å²) < 4.78 is 22.1. The minimum atomic E-state index is -3.26. The lowest BCUT2D eigenvalue weighted by Crippen LogP contribution is -2.48. The van der Waals surface area contributed by atoms with E-state index in [1.165, 1.54) is 0 Å². The third-order valence-corrected chi connectivity index (χ3v) is 10.7. The maximum atomic E-state index is 15.6. The molecule has 0 aromatic heterocycles. The number of benzene rings is 2. The summed E-state index contributed by atoms with van der Waals surface area (Å²) in [6.07, 6.45) is -0.300. The Morgan fingerprint density at radius 1 is 1.24 bits per heavy atom. The molecular formula is C27H33ClFN3O4Si. The van der Waals surface area contributed by atoms with Gasteiger partial charge >= 0.3 is 0 Å². The summed E-state index contributed by atoms with van der Waals surface area (Å²) in [6, 6.07) is 13.0. The number of hydrogen-bond acceptors (Lipinski definition) is 5. The number of ether oxygens (including phenoxy) is 1. The molecular weight excluding hydrogens is 513 g/mol. The van der Waals surface area contributed by atoms with E-state index >= 15 is 4.11 Å². The van der Waals surface area contributed by atoms with Gasteiger partial charge in [0, 0.05) is 47.4 Å². The fraction of sp³-hybridized carbons (Fsp3) is 0.481. The number of amides is 2. The van der Waals surface area contributed by atoms with E-state index in [-0.39, 0.29) is 31.4 Å². The van der Waals surface area contributed by atoms with Crippen LogP contribution in [0, 0.1) is 5.92 Å². The van der Waals surface area contributed by atoms with Crippen LogP contribution in [0.2, 0.25) is 23.7 Å². The molecule has 4 atom stereocenters. The number of aliphatic hydroxyl groups excluding tert-OH is 1. The van der Waals surface area contributed by atoms with Gasteiger partial charge in [0.2, 0.25) is 14.3 Å².